The molecular weight excluding hydrogens is 390 g/mol. The third-order valence-electron chi connectivity index (χ3n) is 4.62. The fourth-order valence-electron chi connectivity index (χ4n) is 3.15. The maximum atomic E-state index is 11.7. The Morgan fingerprint density at radius 3 is 2.93 bits per heavy atom. The van der Waals surface area contributed by atoms with Crippen molar-refractivity contribution in [3.63, 3.8) is 0 Å². The molecule has 0 atom stereocenters. The van der Waals surface area contributed by atoms with Crippen LogP contribution in [0.25, 0.3) is 10.2 Å². The Balaban J connectivity index is 1.41. The maximum Gasteiger partial charge on any atom is 0.269 e. The highest BCUT2D eigenvalue weighted by molar-refractivity contribution is 7.22. The minimum atomic E-state index is -0.264. The lowest BCUT2D eigenvalue weighted by atomic mass is 10.3. The third kappa shape index (κ3) is 4.45. The molecule has 0 saturated carbocycles. The fourth-order valence-corrected chi connectivity index (χ4v) is 4.07. The van der Waals surface area contributed by atoms with Gasteiger partial charge in [-0.1, -0.05) is 11.3 Å². The van der Waals surface area contributed by atoms with Gasteiger partial charge in [0.2, 0.25) is 5.91 Å². The zero-order valence-electron chi connectivity index (χ0n) is 16.0. The summed E-state index contributed by atoms with van der Waals surface area (Å²) in [5.41, 5.74) is 1.18. The Morgan fingerprint density at radius 2 is 2.14 bits per heavy atom. The molecule has 3 heterocycles. The quantitative estimate of drug-likeness (QED) is 0.621. The van der Waals surface area contributed by atoms with Crippen LogP contribution in [0.4, 0.5) is 5.13 Å². The van der Waals surface area contributed by atoms with Crippen molar-refractivity contribution in [1.82, 2.24) is 20.2 Å². The topological polar surface area (TPSA) is 96.5 Å². The number of pyridine rings is 1. The van der Waals surface area contributed by atoms with Gasteiger partial charge < -0.3 is 20.3 Å². The zero-order valence-corrected chi connectivity index (χ0v) is 16.8. The van der Waals surface area contributed by atoms with Gasteiger partial charge in [0.25, 0.3) is 5.91 Å². The van der Waals surface area contributed by atoms with Gasteiger partial charge in [0, 0.05) is 51.4 Å². The van der Waals surface area contributed by atoms with E-state index in [1.807, 2.05) is 23.1 Å². The molecule has 1 aromatic carbocycles. The second-order valence-electron chi connectivity index (χ2n) is 6.62. The number of carbonyl (C=O) groups is 2. The molecule has 2 N–H and O–H groups in total. The first kappa shape index (κ1) is 19.1. The predicted octanol–water partition coefficient (Wildman–Crippen LogP) is 2.88. The summed E-state index contributed by atoms with van der Waals surface area (Å²) in [6.45, 7) is 2.21. The highest BCUT2D eigenvalue weighted by atomic mass is 32.1. The summed E-state index contributed by atoms with van der Waals surface area (Å²) in [4.78, 5) is 33.9. The number of hydrogen-bond acceptors (Lipinski definition) is 7. The SMILES string of the molecule is CNC(=O)c1cc(Oc2ccc3nc(NCCN4CCCC4=O)sc3c2)ccn1. The summed E-state index contributed by atoms with van der Waals surface area (Å²) in [5, 5.41) is 6.66. The van der Waals surface area contributed by atoms with Gasteiger partial charge in [0.05, 0.1) is 10.2 Å². The molecule has 0 aliphatic carbocycles. The number of fused-ring (bicyclic) bond motifs is 1. The molecule has 3 aromatic rings. The average molecular weight is 411 g/mol. The van der Waals surface area contributed by atoms with E-state index in [0.29, 0.717) is 36.7 Å². The number of amides is 2. The molecular formula is C20H21N5O3S. The highest BCUT2D eigenvalue weighted by Crippen LogP contribution is 2.31. The van der Waals surface area contributed by atoms with Gasteiger partial charge in [-0.25, -0.2) is 4.98 Å². The Kier molecular flexibility index (Phi) is 5.57. The van der Waals surface area contributed by atoms with Gasteiger partial charge in [-0.15, -0.1) is 0 Å². The maximum absolute atomic E-state index is 11.7. The number of anilines is 1. The van der Waals surface area contributed by atoms with E-state index in [9.17, 15) is 9.59 Å². The number of aromatic nitrogens is 2. The van der Waals surface area contributed by atoms with E-state index >= 15 is 0 Å². The molecule has 1 aliphatic heterocycles. The van der Waals surface area contributed by atoms with Crippen LogP contribution in [0, 0.1) is 0 Å². The molecule has 1 saturated heterocycles. The Morgan fingerprint density at radius 1 is 1.28 bits per heavy atom. The van der Waals surface area contributed by atoms with Crippen LogP contribution in [0.3, 0.4) is 0 Å². The lowest BCUT2D eigenvalue weighted by molar-refractivity contribution is -0.127. The normalized spacial score (nSPS) is 13.7. The molecule has 1 aliphatic rings. The van der Waals surface area contributed by atoms with Crippen LogP contribution in [0.2, 0.25) is 0 Å². The second kappa shape index (κ2) is 8.44. The minimum Gasteiger partial charge on any atom is -0.457 e. The van der Waals surface area contributed by atoms with Crippen molar-refractivity contribution in [2.75, 3.05) is 32.0 Å². The van der Waals surface area contributed by atoms with Gasteiger partial charge >= 0.3 is 0 Å². The van der Waals surface area contributed by atoms with Gasteiger partial charge in [-0.05, 0) is 24.6 Å². The zero-order chi connectivity index (χ0) is 20.2. The van der Waals surface area contributed by atoms with Gasteiger partial charge in [-0.3, -0.25) is 14.6 Å². The average Bonchev–Trinajstić information content (AvgIpc) is 3.33. The molecule has 0 unspecified atom stereocenters. The summed E-state index contributed by atoms with van der Waals surface area (Å²) >= 11 is 1.53. The van der Waals surface area contributed by atoms with E-state index in [4.69, 9.17) is 4.74 Å². The van der Waals surface area contributed by atoms with E-state index in [0.717, 1.165) is 28.3 Å². The minimum absolute atomic E-state index is 0.230. The van der Waals surface area contributed by atoms with E-state index in [1.54, 1.807) is 19.2 Å². The van der Waals surface area contributed by atoms with Crippen LogP contribution in [-0.4, -0.2) is 53.4 Å². The summed E-state index contributed by atoms with van der Waals surface area (Å²) in [6, 6.07) is 8.96. The smallest absolute Gasteiger partial charge is 0.269 e. The Labute approximate surface area is 171 Å². The summed E-state index contributed by atoms with van der Waals surface area (Å²) in [6.07, 6.45) is 3.15. The number of ether oxygens (including phenoxy) is 1. The van der Waals surface area contributed by atoms with Gasteiger partial charge in [0.1, 0.15) is 17.2 Å². The first-order chi connectivity index (χ1) is 14.1. The van der Waals surface area contributed by atoms with Crippen LogP contribution in [-0.2, 0) is 4.79 Å². The van der Waals surface area contributed by atoms with E-state index < -0.39 is 0 Å². The Hall–Kier alpha value is -3.20. The highest BCUT2D eigenvalue weighted by Gasteiger charge is 2.19. The lowest BCUT2D eigenvalue weighted by Gasteiger charge is -2.15. The van der Waals surface area contributed by atoms with Crippen molar-refractivity contribution >= 4 is 38.5 Å². The van der Waals surface area contributed by atoms with Crippen molar-refractivity contribution < 1.29 is 14.3 Å². The number of nitrogens with one attached hydrogen (secondary N) is 2. The van der Waals surface area contributed by atoms with Crippen molar-refractivity contribution in [2.24, 2.45) is 0 Å². The molecule has 1 fully saturated rings. The molecule has 4 rings (SSSR count). The first-order valence-corrected chi connectivity index (χ1v) is 10.2. The van der Waals surface area contributed by atoms with Gasteiger partial charge in [-0.2, -0.15) is 0 Å². The molecule has 8 nitrogen and oxygen atoms in total. The molecule has 0 spiro atoms. The molecule has 2 aromatic heterocycles. The summed E-state index contributed by atoms with van der Waals surface area (Å²) < 4.78 is 6.87. The van der Waals surface area contributed by atoms with E-state index in [1.165, 1.54) is 17.5 Å². The molecule has 29 heavy (non-hydrogen) atoms. The summed E-state index contributed by atoms with van der Waals surface area (Å²) in [7, 11) is 1.56. The largest absolute Gasteiger partial charge is 0.457 e. The van der Waals surface area contributed by atoms with Crippen LogP contribution in [0.5, 0.6) is 11.5 Å². The predicted molar refractivity (Wildman–Crippen MR) is 112 cm³/mol. The van der Waals surface area contributed by atoms with Crippen molar-refractivity contribution in [3.05, 3.63) is 42.2 Å². The first-order valence-electron chi connectivity index (χ1n) is 9.40. The van der Waals surface area contributed by atoms with Crippen LogP contribution < -0.4 is 15.4 Å². The molecule has 150 valence electrons. The number of carbonyl (C=O) groups excluding carboxylic acids is 2. The molecule has 0 bridgehead atoms. The number of benzene rings is 1. The van der Waals surface area contributed by atoms with E-state index in [2.05, 4.69) is 20.6 Å². The standard InChI is InChI=1S/C20H21N5O3S/c1-21-19(27)16-11-14(6-7-22-16)28-13-4-5-15-17(12-13)29-20(24-15)23-8-10-25-9-2-3-18(25)26/h4-7,11-12H,2-3,8-10H2,1H3,(H,21,27)(H,23,24). The number of likely N-dealkylation sites (tertiary alicyclic amines) is 1. The number of thiazole rings is 1. The summed E-state index contributed by atoms with van der Waals surface area (Å²) in [5.74, 6) is 1.16. The molecule has 0 radical (unpaired) electrons. The van der Waals surface area contributed by atoms with Crippen molar-refractivity contribution in [1.29, 1.82) is 0 Å². The van der Waals surface area contributed by atoms with Crippen LogP contribution in [0.15, 0.2) is 36.5 Å². The van der Waals surface area contributed by atoms with E-state index in [-0.39, 0.29) is 11.8 Å². The van der Waals surface area contributed by atoms with Gasteiger partial charge in [0.15, 0.2) is 5.13 Å². The monoisotopic (exact) mass is 411 g/mol. The third-order valence-corrected chi connectivity index (χ3v) is 5.59. The van der Waals surface area contributed by atoms with Crippen molar-refractivity contribution in [3.8, 4) is 11.5 Å². The number of nitrogens with zero attached hydrogens (tertiary/aromatic N) is 3. The van der Waals surface area contributed by atoms with Crippen LogP contribution >= 0.6 is 11.3 Å². The lowest BCUT2D eigenvalue weighted by Crippen LogP contribution is -2.29. The Bertz CT molecular complexity index is 1050. The second-order valence-corrected chi connectivity index (χ2v) is 7.65. The number of rotatable bonds is 7. The molecule has 9 heteroatoms. The number of hydrogen-bond donors (Lipinski definition) is 2. The van der Waals surface area contributed by atoms with Crippen LogP contribution in [0.1, 0.15) is 23.3 Å². The van der Waals surface area contributed by atoms with Crippen molar-refractivity contribution in [2.45, 2.75) is 12.8 Å². The molecule has 2 amide bonds. The fraction of sp³-hybridized carbons (Fsp3) is 0.300.